The maximum Gasteiger partial charge on any atom is 0.291 e. The number of thiophene rings is 1. The highest BCUT2D eigenvalue weighted by Gasteiger charge is 2.19. The number of likely N-dealkylation sites (N-methyl/N-ethyl adjacent to an activating group) is 2. The number of hydrogen-bond donors (Lipinski definition) is 2. The summed E-state index contributed by atoms with van der Waals surface area (Å²) in [4.78, 5) is 25.9. The van der Waals surface area contributed by atoms with Gasteiger partial charge in [-0.05, 0) is 30.6 Å². The smallest absolute Gasteiger partial charge is 0.291 e. The predicted molar refractivity (Wildman–Crippen MR) is 89.1 cm³/mol. The van der Waals surface area contributed by atoms with Crippen LogP contribution in [0.2, 0.25) is 0 Å². The van der Waals surface area contributed by atoms with Gasteiger partial charge in [-0.3, -0.25) is 9.59 Å². The van der Waals surface area contributed by atoms with Crippen LogP contribution < -0.4 is 10.6 Å². The van der Waals surface area contributed by atoms with E-state index in [2.05, 4.69) is 10.6 Å². The largest absolute Gasteiger partial charge is 0.459 e. The minimum absolute atomic E-state index is 0. The number of rotatable bonds is 6. The summed E-state index contributed by atoms with van der Waals surface area (Å²) in [7, 11) is 3.56. The average molecular weight is 344 g/mol. The van der Waals surface area contributed by atoms with Crippen LogP contribution in [0.25, 0.3) is 0 Å². The second-order valence-corrected chi connectivity index (χ2v) is 5.34. The monoisotopic (exact) mass is 343 g/mol. The Hall–Kier alpha value is -1.83. The number of carbonyl (C=O) groups is 2. The molecule has 0 bridgehead atoms. The molecule has 0 fully saturated rings. The fourth-order valence-electron chi connectivity index (χ4n) is 1.73. The normalized spacial score (nSPS) is 9.91. The Kier molecular flexibility index (Phi) is 7.10. The highest BCUT2D eigenvalue weighted by atomic mass is 35.5. The molecule has 2 heterocycles. The third kappa shape index (κ3) is 4.33. The van der Waals surface area contributed by atoms with Gasteiger partial charge in [-0.15, -0.1) is 23.7 Å². The van der Waals surface area contributed by atoms with E-state index >= 15 is 0 Å². The lowest BCUT2D eigenvalue weighted by atomic mass is 10.2. The molecule has 6 nitrogen and oxygen atoms in total. The molecule has 0 spiro atoms. The van der Waals surface area contributed by atoms with Crippen molar-refractivity contribution in [2.45, 2.75) is 0 Å². The van der Waals surface area contributed by atoms with Gasteiger partial charge in [0, 0.05) is 20.1 Å². The maximum absolute atomic E-state index is 12.3. The van der Waals surface area contributed by atoms with E-state index in [-0.39, 0.29) is 30.0 Å². The minimum Gasteiger partial charge on any atom is -0.459 e. The fraction of sp³-hybridized carbons (Fsp3) is 0.286. The first kappa shape index (κ1) is 18.2. The molecular weight excluding hydrogens is 326 g/mol. The Balaban J connectivity index is 0.00000242. The van der Waals surface area contributed by atoms with Gasteiger partial charge in [0.15, 0.2) is 5.76 Å². The van der Waals surface area contributed by atoms with Crippen molar-refractivity contribution >= 4 is 40.6 Å². The van der Waals surface area contributed by atoms with Gasteiger partial charge in [-0.1, -0.05) is 0 Å². The molecule has 2 amide bonds. The molecule has 0 radical (unpaired) electrons. The number of nitrogens with zero attached hydrogens (tertiary/aromatic N) is 1. The first-order valence-corrected chi connectivity index (χ1v) is 7.34. The lowest BCUT2D eigenvalue weighted by Crippen LogP contribution is -2.33. The zero-order chi connectivity index (χ0) is 15.2. The lowest BCUT2D eigenvalue weighted by Gasteiger charge is -2.17. The van der Waals surface area contributed by atoms with Crippen molar-refractivity contribution < 1.29 is 14.0 Å². The van der Waals surface area contributed by atoms with Crippen molar-refractivity contribution in [2.75, 3.05) is 32.5 Å². The molecule has 2 aromatic heterocycles. The Morgan fingerprint density at radius 2 is 2.14 bits per heavy atom. The molecular formula is C14H18ClN3O3S. The molecule has 0 saturated carbocycles. The standard InChI is InChI=1S/C14H17N3O3S.ClH/c1-15-6-7-17(2)14(19)10-5-9-21-13(10)16-12(18)11-4-3-8-20-11;/h3-5,8-9,15H,6-7H2,1-2H3,(H,16,18);1H. The minimum atomic E-state index is -0.366. The van der Waals surface area contributed by atoms with E-state index in [0.717, 1.165) is 0 Å². The highest BCUT2D eigenvalue weighted by molar-refractivity contribution is 7.14. The third-order valence-electron chi connectivity index (χ3n) is 2.91. The predicted octanol–water partition coefficient (Wildman–Crippen LogP) is 2.31. The summed E-state index contributed by atoms with van der Waals surface area (Å²) in [5, 5.41) is 8.00. The molecule has 0 aromatic carbocycles. The van der Waals surface area contributed by atoms with Crippen molar-refractivity contribution in [2.24, 2.45) is 0 Å². The average Bonchev–Trinajstić information content (AvgIpc) is 3.14. The number of anilines is 1. The topological polar surface area (TPSA) is 74.6 Å². The molecule has 0 aliphatic heterocycles. The molecule has 0 saturated heterocycles. The summed E-state index contributed by atoms with van der Waals surface area (Å²) in [5.74, 6) is -0.277. The first-order chi connectivity index (χ1) is 10.1. The van der Waals surface area contributed by atoms with E-state index < -0.39 is 0 Å². The Bertz CT molecular complexity index is 613. The van der Waals surface area contributed by atoms with Crippen LogP contribution in [0.15, 0.2) is 34.3 Å². The van der Waals surface area contributed by atoms with Crippen molar-refractivity contribution in [3.63, 3.8) is 0 Å². The zero-order valence-electron chi connectivity index (χ0n) is 12.3. The van der Waals surface area contributed by atoms with Gasteiger partial charge in [0.05, 0.1) is 11.8 Å². The van der Waals surface area contributed by atoms with E-state index in [1.54, 1.807) is 35.5 Å². The maximum atomic E-state index is 12.3. The SMILES string of the molecule is CNCCN(C)C(=O)c1ccsc1NC(=O)c1ccco1.Cl. The molecule has 8 heteroatoms. The molecule has 2 rings (SSSR count). The summed E-state index contributed by atoms with van der Waals surface area (Å²) >= 11 is 1.31. The van der Waals surface area contributed by atoms with Crippen LogP contribution >= 0.6 is 23.7 Å². The van der Waals surface area contributed by atoms with Gasteiger partial charge >= 0.3 is 0 Å². The van der Waals surface area contributed by atoms with Crippen LogP contribution in [0, 0.1) is 0 Å². The lowest BCUT2D eigenvalue weighted by molar-refractivity contribution is 0.0798. The van der Waals surface area contributed by atoms with Crippen molar-refractivity contribution in [3.05, 3.63) is 41.2 Å². The Morgan fingerprint density at radius 3 is 2.77 bits per heavy atom. The first-order valence-electron chi connectivity index (χ1n) is 6.46. The summed E-state index contributed by atoms with van der Waals surface area (Å²) < 4.78 is 5.03. The van der Waals surface area contributed by atoms with Gasteiger partial charge in [0.1, 0.15) is 5.00 Å². The van der Waals surface area contributed by atoms with Crippen LogP contribution in [0.1, 0.15) is 20.9 Å². The second-order valence-electron chi connectivity index (χ2n) is 4.43. The van der Waals surface area contributed by atoms with Crippen LogP contribution in [0.4, 0.5) is 5.00 Å². The molecule has 0 aliphatic rings. The van der Waals surface area contributed by atoms with Crippen molar-refractivity contribution in [1.29, 1.82) is 0 Å². The van der Waals surface area contributed by atoms with E-state index in [0.29, 0.717) is 23.7 Å². The number of carbonyl (C=O) groups excluding carboxylic acids is 2. The van der Waals surface area contributed by atoms with Gasteiger partial charge in [0.25, 0.3) is 11.8 Å². The van der Waals surface area contributed by atoms with Crippen LogP contribution in [-0.4, -0.2) is 43.9 Å². The molecule has 22 heavy (non-hydrogen) atoms. The quantitative estimate of drug-likeness (QED) is 0.844. The highest BCUT2D eigenvalue weighted by Crippen LogP contribution is 2.25. The second kappa shape index (κ2) is 8.57. The molecule has 120 valence electrons. The van der Waals surface area contributed by atoms with Crippen LogP contribution in [0.5, 0.6) is 0 Å². The van der Waals surface area contributed by atoms with Crippen molar-refractivity contribution in [1.82, 2.24) is 10.2 Å². The number of halogens is 1. The van der Waals surface area contributed by atoms with Crippen LogP contribution in [-0.2, 0) is 0 Å². The van der Waals surface area contributed by atoms with Crippen molar-refractivity contribution in [3.8, 4) is 0 Å². The molecule has 0 atom stereocenters. The summed E-state index contributed by atoms with van der Waals surface area (Å²) in [5.41, 5.74) is 0.485. The summed E-state index contributed by atoms with van der Waals surface area (Å²) in [6, 6.07) is 4.92. The number of furan rings is 1. The summed E-state index contributed by atoms with van der Waals surface area (Å²) in [6.07, 6.45) is 1.43. The van der Waals surface area contributed by atoms with E-state index in [1.807, 2.05) is 7.05 Å². The van der Waals surface area contributed by atoms with Gasteiger partial charge in [-0.25, -0.2) is 0 Å². The van der Waals surface area contributed by atoms with E-state index in [4.69, 9.17) is 4.42 Å². The Labute approximate surface area is 138 Å². The van der Waals surface area contributed by atoms with Gasteiger partial charge < -0.3 is 20.0 Å². The van der Waals surface area contributed by atoms with E-state index in [1.165, 1.54) is 17.6 Å². The molecule has 2 aromatic rings. The van der Waals surface area contributed by atoms with Crippen LogP contribution in [0.3, 0.4) is 0 Å². The zero-order valence-corrected chi connectivity index (χ0v) is 13.9. The molecule has 0 unspecified atom stereocenters. The van der Waals surface area contributed by atoms with Gasteiger partial charge in [0.2, 0.25) is 0 Å². The molecule has 0 aliphatic carbocycles. The number of nitrogens with one attached hydrogen (secondary N) is 2. The van der Waals surface area contributed by atoms with E-state index in [9.17, 15) is 9.59 Å². The number of hydrogen-bond acceptors (Lipinski definition) is 5. The van der Waals surface area contributed by atoms with Gasteiger partial charge in [-0.2, -0.15) is 0 Å². The third-order valence-corrected chi connectivity index (χ3v) is 3.74. The Morgan fingerprint density at radius 1 is 1.36 bits per heavy atom. The summed E-state index contributed by atoms with van der Waals surface area (Å²) in [6.45, 7) is 1.30. The number of amides is 2. The molecule has 2 N–H and O–H groups in total. The fourth-order valence-corrected chi connectivity index (χ4v) is 2.51.